The van der Waals surface area contributed by atoms with Crippen molar-refractivity contribution in [3.05, 3.63) is 34.9 Å². The molecule has 1 saturated carbocycles. The molecule has 0 radical (unpaired) electrons. The molecule has 86 valence electrons. The van der Waals surface area contributed by atoms with E-state index in [9.17, 15) is 8.78 Å². The Morgan fingerprint density at radius 2 is 2.00 bits per heavy atom. The summed E-state index contributed by atoms with van der Waals surface area (Å²) in [6, 6.07) is 5.79. The first-order valence-electron chi connectivity index (χ1n) is 5.80. The van der Waals surface area contributed by atoms with E-state index in [-0.39, 0.29) is 13.0 Å². The number of hydrogen-bond donors (Lipinski definition) is 1. The highest BCUT2D eigenvalue weighted by molar-refractivity contribution is 5.48. The van der Waals surface area contributed by atoms with E-state index in [0.29, 0.717) is 0 Å². The predicted molar refractivity (Wildman–Crippen MR) is 58.8 cm³/mol. The molecule has 2 aliphatic carbocycles. The SMILES string of the molecule is NCC1(c2cccc3c2CCC3)CC1(F)F. The molecule has 0 bridgehead atoms. The van der Waals surface area contributed by atoms with Gasteiger partial charge in [-0.25, -0.2) is 8.78 Å². The molecule has 2 N–H and O–H groups in total. The molecule has 1 nitrogen and oxygen atoms in total. The van der Waals surface area contributed by atoms with Gasteiger partial charge >= 0.3 is 0 Å². The summed E-state index contributed by atoms with van der Waals surface area (Å²) in [5.74, 6) is -2.60. The van der Waals surface area contributed by atoms with Crippen LogP contribution < -0.4 is 5.73 Å². The Balaban J connectivity index is 2.11. The number of rotatable bonds is 2. The Morgan fingerprint density at radius 3 is 2.62 bits per heavy atom. The molecule has 0 saturated heterocycles. The van der Waals surface area contributed by atoms with Crippen LogP contribution in [0.5, 0.6) is 0 Å². The van der Waals surface area contributed by atoms with E-state index in [1.807, 2.05) is 12.1 Å². The second-order valence-corrected chi connectivity index (χ2v) is 4.96. The van der Waals surface area contributed by atoms with Crippen LogP contribution in [-0.2, 0) is 18.3 Å². The smallest absolute Gasteiger partial charge is 0.260 e. The summed E-state index contributed by atoms with van der Waals surface area (Å²) >= 11 is 0. The van der Waals surface area contributed by atoms with Crippen LogP contribution in [0.25, 0.3) is 0 Å². The van der Waals surface area contributed by atoms with Crippen molar-refractivity contribution in [2.45, 2.75) is 37.0 Å². The van der Waals surface area contributed by atoms with Crippen LogP contribution in [-0.4, -0.2) is 12.5 Å². The van der Waals surface area contributed by atoms with Crippen molar-refractivity contribution < 1.29 is 8.78 Å². The van der Waals surface area contributed by atoms with Crippen LogP contribution in [0.1, 0.15) is 29.5 Å². The normalized spacial score (nSPS) is 30.2. The summed E-state index contributed by atoms with van der Waals surface area (Å²) in [5, 5.41) is 0. The summed E-state index contributed by atoms with van der Waals surface area (Å²) in [5.41, 5.74) is 7.74. The first-order valence-corrected chi connectivity index (χ1v) is 5.80. The molecule has 3 heteroatoms. The number of benzene rings is 1. The van der Waals surface area contributed by atoms with Gasteiger partial charge in [0.2, 0.25) is 0 Å². The zero-order valence-corrected chi connectivity index (χ0v) is 9.10. The molecule has 1 atom stereocenters. The first kappa shape index (κ1) is 10.2. The number of alkyl halides is 2. The zero-order valence-electron chi connectivity index (χ0n) is 9.10. The third-order valence-corrected chi connectivity index (χ3v) is 4.11. The van der Waals surface area contributed by atoms with Crippen molar-refractivity contribution in [2.75, 3.05) is 6.54 Å². The minimum Gasteiger partial charge on any atom is -0.329 e. The van der Waals surface area contributed by atoms with Crippen LogP contribution in [0.15, 0.2) is 18.2 Å². The van der Waals surface area contributed by atoms with Crippen LogP contribution in [0.3, 0.4) is 0 Å². The van der Waals surface area contributed by atoms with Crippen molar-refractivity contribution in [3.8, 4) is 0 Å². The third-order valence-electron chi connectivity index (χ3n) is 4.11. The van der Waals surface area contributed by atoms with Crippen LogP contribution in [0.4, 0.5) is 8.78 Å². The maximum Gasteiger partial charge on any atom is 0.260 e. The van der Waals surface area contributed by atoms with Gasteiger partial charge in [-0.3, -0.25) is 0 Å². The minimum absolute atomic E-state index is 0.0520. The Morgan fingerprint density at radius 1 is 1.25 bits per heavy atom. The fourth-order valence-electron chi connectivity index (χ4n) is 3.03. The second kappa shape index (κ2) is 3.04. The molecule has 0 heterocycles. The average molecular weight is 223 g/mol. The number of nitrogens with two attached hydrogens (primary N) is 1. The lowest BCUT2D eigenvalue weighted by Crippen LogP contribution is -2.28. The molecule has 0 aliphatic heterocycles. The molecule has 1 aromatic carbocycles. The first-order chi connectivity index (χ1) is 7.61. The Labute approximate surface area is 93.6 Å². The molecule has 0 aromatic heterocycles. The number of hydrogen-bond acceptors (Lipinski definition) is 1. The van der Waals surface area contributed by atoms with Crippen molar-refractivity contribution in [1.29, 1.82) is 0 Å². The molecule has 2 aliphatic rings. The van der Waals surface area contributed by atoms with Gasteiger partial charge in [-0.1, -0.05) is 18.2 Å². The van der Waals surface area contributed by atoms with Gasteiger partial charge in [0.15, 0.2) is 0 Å². The summed E-state index contributed by atoms with van der Waals surface area (Å²) in [7, 11) is 0. The Kier molecular flexibility index (Phi) is 1.94. The summed E-state index contributed by atoms with van der Waals surface area (Å²) < 4.78 is 27.1. The summed E-state index contributed by atoms with van der Waals surface area (Å²) in [4.78, 5) is 0. The van der Waals surface area contributed by atoms with Gasteiger partial charge in [0, 0.05) is 13.0 Å². The van der Waals surface area contributed by atoms with E-state index in [0.717, 1.165) is 30.4 Å². The van der Waals surface area contributed by atoms with Gasteiger partial charge in [-0.05, 0) is 36.0 Å². The second-order valence-electron chi connectivity index (χ2n) is 4.96. The molecular weight excluding hydrogens is 208 g/mol. The molecule has 1 aromatic rings. The standard InChI is InChI=1S/C13H15F2N/c14-13(15)7-12(13,8-16)11-6-2-4-9-3-1-5-10(9)11/h2,4,6H,1,3,5,7-8,16H2. The van der Waals surface area contributed by atoms with Gasteiger partial charge in [0.05, 0.1) is 5.41 Å². The highest BCUT2D eigenvalue weighted by Gasteiger charge is 2.71. The van der Waals surface area contributed by atoms with Crippen molar-refractivity contribution in [2.24, 2.45) is 5.73 Å². The van der Waals surface area contributed by atoms with Gasteiger partial charge in [-0.15, -0.1) is 0 Å². The van der Waals surface area contributed by atoms with Crippen LogP contribution >= 0.6 is 0 Å². The molecule has 0 amide bonds. The predicted octanol–water partition coefficient (Wildman–Crippen LogP) is 2.41. The van der Waals surface area contributed by atoms with E-state index in [4.69, 9.17) is 5.73 Å². The topological polar surface area (TPSA) is 26.0 Å². The number of aryl methyl sites for hydroxylation is 1. The molecule has 3 rings (SSSR count). The Hall–Kier alpha value is -0.960. The lowest BCUT2D eigenvalue weighted by molar-refractivity contribution is 0.0894. The minimum atomic E-state index is -2.60. The monoisotopic (exact) mass is 223 g/mol. The fourth-order valence-corrected chi connectivity index (χ4v) is 3.03. The van der Waals surface area contributed by atoms with Gasteiger partial charge in [-0.2, -0.15) is 0 Å². The van der Waals surface area contributed by atoms with E-state index < -0.39 is 11.3 Å². The summed E-state index contributed by atoms with van der Waals surface area (Å²) in [6.07, 6.45) is 2.96. The highest BCUT2D eigenvalue weighted by Crippen LogP contribution is 2.62. The van der Waals surface area contributed by atoms with Crippen molar-refractivity contribution in [3.63, 3.8) is 0 Å². The maximum atomic E-state index is 13.5. The van der Waals surface area contributed by atoms with Gasteiger partial charge in [0.1, 0.15) is 0 Å². The molecule has 0 spiro atoms. The largest absolute Gasteiger partial charge is 0.329 e. The molecular formula is C13H15F2N. The quantitative estimate of drug-likeness (QED) is 0.818. The maximum absolute atomic E-state index is 13.5. The average Bonchev–Trinajstić information content (AvgIpc) is 2.65. The lowest BCUT2D eigenvalue weighted by atomic mass is 9.89. The summed E-state index contributed by atoms with van der Waals surface area (Å²) in [6.45, 7) is 0.0520. The molecule has 1 fully saturated rings. The van der Waals surface area contributed by atoms with E-state index >= 15 is 0 Å². The van der Waals surface area contributed by atoms with Gasteiger partial charge < -0.3 is 5.73 Å². The molecule has 16 heavy (non-hydrogen) atoms. The van der Waals surface area contributed by atoms with Crippen molar-refractivity contribution >= 4 is 0 Å². The highest BCUT2D eigenvalue weighted by atomic mass is 19.3. The van der Waals surface area contributed by atoms with Crippen molar-refractivity contribution in [1.82, 2.24) is 0 Å². The lowest BCUT2D eigenvalue weighted by Gasteiger charge is -2.18. The third kappa shape index (κ3) is 1.12. The zero-order chi connectivity index (χ0) is 11.4. The van der Waals surface area contributed by atoms with E-state index in [1.165, 1.54) is 5.56 Å². The van der Waals surface area contributed by atoms with E-state index in [1.54, 1.807) is 0 Å². The van der Waals surface area contributed by atoms with Gasteiger partial charge in [0.25, 0.3) is 5.92 Å². The fraction of sp³-hybridized carbons (Fsp3) is 0.538. The molecule has 1 unspecified atom stereocenters. The van der Waals surface area contributed by atoms with Crippen LogP contribution in [0.2, 0.25) is 0 Å². The Bertz CT molecular complexity index is 442. The number of fused-ring (bicyclic) bond motifs is 1. The van der Waals surface area contributed by atoms with Crippen LogP contribution in [0, 0.1) is 0 Å². The number of halogens is 2. The van der Waals surface area contributed by atoms with E-state index in [2.05, 4.69) is 6.07 Å².